The van der Waals surface area contributed by atoms with Crippen molar-refractivity contribution in [3.05, 3.63) is 69.6 Å². The fourth-order valence-electron chi connectivity index (χ4n) is 3.82. The molecule has 0 radical (unpaired) electrons. The van der Waals surface area contributed by atoms with Gasteiger partial charge in [-0.25, -0.2) is 0 Å². The molecule has 1 aromatic heterocycles. The van der Waals surface area contributed by atoms with Gasteiger partial charge in [0, 0.05) is 24.3 Å². The van der Waals surface area contributed by atoms with Gasteiger partial charge in [-0.1, -0.05) is 24.3 Å². The van der Waals surface area contributed by atoms with Gasteiger partial charge in [-0.3, -0.25) is 9.59 Å². The van der Waals surface area contributed by atoms with E-state index in [4.69, 9.17) is 0 Å². The molecule has 1 aromatic carbocycles. The molecule has 0 aliphatic carbocycles. The SMILES string of the molecule is CC1(Cc2ccccc2C(F)(F)F)CCCN1C(=O)Cc1ccc(=O)[nH]c1. The maximum atomic E-state index is 13.3. The van der Waals surface area contributed by atoms with Crippen molar-refractivity contribution in [1.29, 1.82) is 0 Å². The van der Waals surface area contributed by atoms with Crippen LogP contribution >= 0.6 is 0 Å². The Balaban J connectivity index is 1.81. The van der Waals surface area contributed by atoms with Gasteiger partial charge in [-0.05, 0) is 43.4 Å². The van der Waals surface area contributed by atoms with Crippen molar-refractivity contribution in [3.63, 3.8) is 0 Å². The van der Waals surface area contributed by atoms with Gasteiger partial charge in [0.15, 0.2) is 0 Å². The highest BCUT2D eigenvalue weighted by molar-refractivity contribution is 5.79. The van der Waals surface area contributed by atoms with E-state index in [-0.39, 0.29) is 29.9 Å². The molecule has 27 heavy (non-hydrogen) atoms. The fourth-order valence-corrected chi connectivity index (χ4v) is 3.82. The van der Waals surface area contributed by atoms with Gasteiger partial charge < -0.3 is 9.88 Å². The number of pyridine rings is 1. The van der Waals surface area contributed by atoms with E-state index < -0.39 is 17.3 Å². The molecule has 4 nitrogen and oxygen atoms in total. The van der Waals surface area contributed by atoms with Crippen molar-refractivity contribution in [2.45, 2.75) is 44.3 Å². The first-order valence-corrected chi connectivity index (χ1v) is 8.82. The molecular formula is C20H21F3N2O2. The lowest BCUT2D eigenvalue weighted by Crippen LogP contribution is -2.47. The highest BCUT2D eigenvalue weighted by Crippen LogP contribution is 2.38. The molecule has 2 heterocycles. The van der Waals surface area contributed by atoms with Gasteiger partial charge in [0.25, 0.3) is 0 Å². The summed E-state index contributed by atoms with van der Waals surface area (Å²) in [6.07, 6.45) is -1.27. The van der Waals surface area contributed by atoms with E-state index in [0.717, 1.165) is 12.5 Å². The van der Waals surface area contributed by atoms with Crippen molar-refractivity contribution in [2.75, 3.05) is 6.54 Å². The summed E-state index contributed by atoms with van der Waals surface area (Å²) in [5.74, 6) is -0.147. The Morgan fingerprint density at radius 1 is 1.22 bits per heavy atom. The van der Waals surface area contributed by atoms with Crippen LogP contribution in [0, 0.1) is 0 Å². The van der Waals surface area contributed by atoms with Crippen molar-refractivity contribution >= 4 is 5.91 Å². The number of rotatable bonds is 4. The molecule has 0 saturated carbocycles. The van der Waals surface area contributed by atoms with Crippen LogP contribution in [0.2, 0.25) is 0 Å². The Hall–Kier alpha value is -2.57. The van der Waals surface area contributed by atoms with Gasteiger partial charge in [0.1, 0.15) is 0 Å². The Kier molecular flexibility index (Phi) is 5.13. The normalized spacial score (nSPS) is 20.1. The summed E-state index contributed by atoms with van der Waals surface area (Å²) in [5, 5.41) is 0. The maximum absolute atomic E-state index is 13.3. The monoisotopic (exact) mass is 378 g/mol. The third kappa shape index (κ3) is 4.23. The molecule has 1 unspecified atom stereocenters. The smallest absolute Gasteiger partial charge is 0.337 e. The van der Waals surface area contributed by atoms with E-state index in [0.29, 0.717) is 18.5 Å². The lowest BCUT2D eigenvalue weighted by molar-refractivity contribution is -0.138. The van der Waals surface area contributed by atoms with Crippen molar-refractivity contribution < 1.29 is 18.0 Å². The van der Waals surface area contributed by atoms with Crippen LogP contribution in [0.3, 0.4) is 0 Å². The van der Waals surface area contributed by atoms with Crippen LogP contribution in [0.1, 0.15) is 36.5 Å². The fraction of sp³-hybridized carbons (Fsp3) is 0.400. The van der Waals surface area contributed by atoms with Crippen molar-refractivity contribution in [1.82, 2.24) is 9.88 Å². The van der Waals surface area contributed by atoms with Crippen LogP contribution in [0.15, 0.2) is 47.4 Å². The largest absolute Gasteiger partial charge is 0.416 e. The number of aromatic nitrogens is 1. The zero-order valence-electron chi connectivity index (χ0n) is 15.0. The molecular weight excluding hydrogens is 357 g/mol. The number of H-pyrrole nitrogens is 1. The average Bonchev–Trinajstić information content (AvgIpc) is 2.98. The average molecular weight is 378 g/mol. The first-order chi connectivity index (χ1) is 12.7. The zero-order valence-corrected chi connectivity index (χ0v) is 15.0. The molecule has 7 heteroatoms. The highest BCUT2D eigenvalue weighted by atomic mass is 19.4. The number of halogens is 3. The van der Waals surface area contributed by atoms with Gasteiger partial charge >= 0.3 is 6.18 Å². The van der Waals surface area contributed by atoms with E-state index in [9.17, 15) is 22.8 Å². The Morgan fingerprint density at radius 2 is 1.96 bits per heavy atom. The number of hydrogen-bond acceptors (Lipinski definition) is 2. The van der Waals surface area contributed by atoms with Gasteiger partial charge in [-0.15, -0.1) is 0 Å². The predicted molar refractivity (Wildman–Crippen MR) is 95.3 cm³/mol. The summed E-state index contributed by atoms with van der Waals surface area (Å²) >= 11 is 0. The molecule has 1 atom stereocenters. The van der Waals surface area contributed by atoms with Crippen LogP contribution in [-0.2, 0) is 23.8 Å². The number of nitrogens with zero attached hydrogens (tertiary/aromatic N) is 1. The number of alkyl halides is 3. The topological polar surface area (TPSA) is 53.2 Å². The Bertz CT molecular complexity index is 871. The minimum absolute atomic E-state index is 0.104. The second-order valence-electron chi connectivity index (χ2n) is 7.22. The summed E-state index contributed by atoms with van der Waals surface area (Å²) in [6, 6.07) is 8.48. The summed E-state index contributed by atoms with van der Waals surface area (Å²) < 4.78 is 39.9. The number of carbonyl (C=O) groups excluding carboxylic acids is 1. The van der Waals surface area contributed by atoms with Crippen molar-refractivity contribution in [3.8, 4) is 0 Å². The molecule has 2 aromatic rings. The number of benzene rings is 1. The zero-order chi connectivity index (χ0) is 19.7. The van der Waals surface area contributed by atoms with Crippen LogP contribution in [-0.4, -0.2) is 27.9 Å². The van der Waals surface area contributed by atoms with Gasteiger partial charge in [-0.2, -0.15) is 13.2 Å². The molecule has 1 N–H and O–H groups in total. The quantitative estimate of drug-likeness (QED) is 0.885. The van der Waals surface area contributed by atoms with Gasteiger partial charge in [0.2, 0.25) is 11.5 Å². The number of likely N-dealkylation sites (tertiary alicyclic amines) is 1. The van der Waals surface area contributed by atoms with E-state index in [1.165, 1.54) is 24.4 Å². The number of hydrogen-bond donors (Lipinski definition) is 1. The third-order valence-electron chi connectivity index (χ3n) is 5.15. The first kappa shape index (κ1) is 19.2. The van der Waals surface area contributed by atoms with Crippen LogP contribution in [0.5, 0.6) is 0 Å². The Morgan fingerprint density at radius 3 is 2.63 bits per heavy atom. The highest BCUT2D eigenvalue weighted by Gasteiger charge is 2.42. The molecule has 1 saturated heterocycles. The summed E-state index contributed by atoms with van der Waals surface area (Å²) in [5.41, 5.74) is -0.687. The van der Waals surface area contributed by atoms with E-state index >= 15 is 0 Å². The second kappa shape index (κ2) is 7.21. The molecule has 1 aliphatic heterocycles. The molecule has 3 rings (SSSR count). The first-order valence-electron chi connectivity index (χ1n) is 8.82. The summed E-state index contributed by atoms with van der Waals surface area (Å²) in [7, 11) is 0. The van der Waals surface area contributed by atoms with Gasteiger partial charge in [0.05, 0.1) is 12.0 Å². The minimum atomic E-state index is -4.42. The van der Waals surface area contributed by atoms with Crippen LogP contribution in [0.4, 0.5) is 13.2 Å². The molecule has 0 bridgehead atoms. The van der Waals surface area contributed by atoms with Crippen LogP contribution in [0.25, 0.3) is 0 Å². The standard InChI is InChI=1S/C20H21F3N2O2/c1-19(12-15-5-2-3-6-16(15)20(21,22)23)9-4-10-25(19)18(27)11-14-7-8-17(26)24-13-14/h2-3,5-8,13H,4,9-12H2,1H3,(H,24,26). The maximum Gasteiger partial charge on any atom is 0.416 e. The van der Waals surface area contributed by atoms with E-state index in [1.54, 1.807) is 17.0 Å². The number of carbonyl (C=O) groups is 1. The lowest BCUT2D eigenvalue weighted by Gasteiger charge is -2.36. The number of aromatic amines is 1. The number of amides is 1. The predicted octanol–water partition coefficient (Wildman–Crippen LogP) is 3.56. The van der Waals surface area contributed by atoms with E-state index in [2.05, 4.69) is 4.98 Å². The molecule has 1 aliphatic rings. The summed E-state index contributed by atoms with van der Waals surface area (Å²) in [4.78, 5) is 28.2. The number of nitrogens with one attached hydrogen (secondary N) is 1. The van der Waals surface area contributed by atoms with Crippen molar-refractivity contribution in [2.24, 2.45) is 0 Å². The summed E-state index contributed by atoms with van der Waals surface area (Å²) in [6.45, 7) is 2.37. The van der Waals surface area contributed by atoms with E-state index in [1.807, 2.05) is 6.92 Å². The molecule has 1 fully saturated rings. The third-order valence-corrected chi connectivity index (χ3v) is 5.15. The van der Waals surface area contributed by atoms with Crippen LogP contribution < -0.4 is 5.56 Å². The molecule has 1 amide bonds. The lowest BCUT2D eigenvalue weighted by atomic mass is 9.87. The second-order valence-corrected chi connectivity index (χ2v) is 7.22. The Labute approximate surface area is 155 Å². The minimum Gasteiger partial charge on any atom is -0.337 e. The molecule has 0 spiro atoms. The molecule has 144 valence electrons.